The van der Waals surface area contributed by atoms with Gasteiger partial charge in [0.15, 0.2) is 5.82 Å². The molecular formula is C16H25N3O. The van der Waals surface area contributed by atoms with E-state index in [1.165, 1.54) is 31.4 Å². The fourth-order valence-corrected chi connectivity index (χ4v) is 3.37. The summed E-state index contributed by atoms with van der Waals surface area (Å²) in [6.07, 6.45) is 7.06. The number of nitrogens with one attached hydrogen (secondary N) is 1. The van der Waals surface area contributed by atoms with Crippen LogP contribution in [-0.2, 0) is 10.3 Å². The number of hydrogen-bond acceptors (Lipinski definition) is 4. The Morgan fingerprint density at radius 2 is 2.10 bits per heavy atom. The van der Waals surface area contributed by atoms with Crippen LogP contribution in [0, 0.1) is 5.92 Å². The van der Waals surface area contributed by atoms with Crippen molar-refractivity contribution in [1.82, 2.24) is 9.97 Å². The highest BCUT2D eigenvalue weighted by Gasteiger charge is 2.40. The Balaban J connectivity index is 1.99. The number of methoxy groups -OCH3 is 1. The standard InChI is InChI=1S/C16H25N3O/c1-11-5-4-8-16(10-11,20-3)15-18-13(12-6-7-12)9-14(17-2)19-15/h9,11-12H,4-8,10H2,1-3H3,(H,17,18,19). The third-order valence-corrected chi connectivity index (χ3v) is 4.75. The molecule has 2 saturated carbocycles. The van der Waals surface area contributed by atoms with Crippen molar-refractivity contribution >= 4 is 5.82 Å². The largest absolute Gasteiger partial charge is 0.373 e. The zero-order chi connectivity index (χ0) is 14.2. The molecule has 2 aliphatic carbocycles. The van der Waals surface area contributed by atoms with Crippen LogP contribution in [0.15, 0.2) is 6.07 Å². The van der Waals surface area contributed by atoms with Crippen LogP contribution in [0.3, 0.4) is 0 Å². The van der Waals surface area contributed by atoms with Crippen LogP contribution in [0.4, 0.5) is 5.82 Å². The zero-order valence-corrected chi connectivity index (χ0v) is 12.8. The third kappa shape index (κ3) is 2.53. The maximum atomic E-state index is 5.94. The molecule has 0 spiro atoms. The molecule has 0 amide bonds. The summed E-state index contributed by atoms with van der Waals surface area (Å²) in [7, 11) is 3.73. The highest BCUT2D eigenvalue weighted by molar-refractivity contribution is 5.38. The van der Waals surface area contributed by atoms with Gasteiger partial charge in [-0.15, -0.1) is 0 Å². The van der Waals surface area contributed by atoms with Crippen LogP contribution in [-0.4, -0.2) is 24.1 Å². The van der Waals surface area contributed by atoms with Gasteiger partial charge in [-0.25, -0.2) is 9.97 Å². The summed E-state index contributed by atoms with van der Waals surface area (Å²) < 4.78 is 5.94. The molecule has 1 aromatic heterocycles. The van der Waals surface area contributed by atoms with E-state index < -0.39 is 0 Å². The van der Waals surface area contributed by atoms with Gasteiger partial charge in [0.25, 0.3) is 0 Å². The fourth-order valence-electron chi connectivity index (χ4n) is 3.37. The second-order valence-electron chi connectivity index (χ2n) is 6.43. The van der Waals surface area contributed by atoms with Crippen LogP contribution in [0.25, 0.3) is 0 Å². The third-order valence-electron chi connectivity index (χ3n) is 4.75. The highest BCUT2D eigenvalue weighted by atomic mass is 16.5. The first-order chi connectivity index (χ1) is 9.66. The smallest absolute Gasteiger partial charge is 0.162 e. The lowest BCUT2D eigenvalue weighted by Gasteiger charge is -2.37. The van der Waals surface area contributed by atoms with Gasteiger partial charge in [-0.2, -0.15) is 0 Å². The predicted octanol–water partition coefficient (Wildman–Crippen LogP) is 3.45. The summed E-state index contributed by atoms with van der Waals surface area (Å²) in [6, 6.07) is 2.09. The Labute approximate surface area is 121 Å². The SMILES string of the molecule is CNc1cc(C2CC2)nc(C2(OC)CCCC(C)C2)n1. The van der Waals surface area contributed by atoms with Crippen LogP contribution in [0.5, 0.6) is 0 Å². The Hall–Kier alpha value is -1.16. The minimum Gasteiger partial charge on any atom is -0.373 e. The molecule has 0 aromatic carbocycles. The van der Waals surface area contributed by atoms with E-state index in [0.29, 0.717) is 11.8 Å². The molecule has 4 heteroatoms. The molecule has 0 saturated heterocycles. The van der Waals surface area contributed by atoms with Crippen molar-refractivity contribution in [2.24, 2.45) is 5.92 Å². The van der Waals surface area contributed by atoms with Gasteiger partial charge in [0.2, 0.25) is 0 Å². The first kappa shape index (κ1) is 13.8. The molecule has 20 heavy (non-hydrogen) atoms. The second-order valence-corrected chi connectivity index (χ2v) is 6.43. The van der Waals surface area contributed by atoms with E-state index in [-0.39, 0.29) is 5.60 Å². The van der Waals surface area contributed by atoms with E-state index in [1.54, 1.807) is 0 Å². The van der Waals surface area contributed by atoms with E-state index in [2.05, 4.69) is 18.3 Å². The Morgan fingerprint density at radius 3 is 2.70 bits per heavy atom. The number of ether oxygens (including phenoxy) is 1. The van der Waals surface area contributed by atoms with Crippen LogP contribution in [0.2, 0.25) is 0 Å². The topological polar surface area (TPSA) is 47.0 Å². The molecule has 0 radical (unpaired) electrons. The summed E-state index contributed by atoms with van der Waals surface area (Å²) in [5.41, 5.74) is 0.905. The van der Waals surface area contributed by atoms with Gasteiger partial charge >= 0.3 is 0 Å². The molecular weight excluding hydrogens is 250 g/mol. The molecule has 1 aromatic rings. The number of hydrogen-bond donors (Lipinski definition) is 1. The van der Waals surface area contributed by atoms with Crippen molar-refractivity contribution < 1.29 is 4.74 Å². The number of rotatable bonds is 4. The minimum absolute atomic E-state index is 0.284. The maximum absolute atomic E-state index is 5.94. The highest BCUT2D eigenvalue weighted by Crippen LogP contribution is 2.44. The van der Waals surface area contributed by atoms with Crippen molar-refractivity contribution in [3.05, 3.63) is 17.6 Å². The number of nitrogens with zero attached hydrogens (tertiary/aromatic N) is 2. The van der Waals surface area contributed by atoms with Gasteiger partial charge in [-0.3, -0.25) is 0 Å². The van der Waals surface area contributed by atoms with Crippen LogP contribution in [0.1, 0.15) is 62.9 Å². The first-order valence-electron chi connectivity index (χ1n) is 7.79. The maximum Gasteiger partial charge on any atom is 0.162 e. The molecule has 2 aliphatic rings. The Bertz CT molecular complexity index is 487. The lowest BCUT2D eigenvalue weighted by molar-refractivity contribution is -0.0646. The molecule has 1 N–H and O–H groups in total. The summed E-state index contributed by atoms with van der Waals surface area (Å²) in [5.74, 6) is 3.13. The van der Waals surface area contributed by atoms with Gasteiger partial charge in [-0.05, 0) is 38.0 Å². The van der Waals surface area contributed by atoms with E-state index >= 15 is 0 Å². The minimum atomic E-state index is -0.284. The monoisotopic (exact) mass is 275 g/mol. The molecule has 110 valence electrons. The quantitative estimate of drug-likeness (QED) is 0.914. The lowest BCUT2D eigenvalue weighted by Crippen LogP contribution is -2.36. The summed E-state index contributed by atoms with van der Waals surface area (Å²) in [4.78, 5) is 9.58. The van der Waals surface area contributed by atoms with E-state index in [4.69, 9.17) is 14.7 Å². The van der Waals surface area contributed by atoms with Gasteiger partial charge in [0, 0.05) is 31.8 Å². The molecule has 2 fully saturated rings. The molecule has 3 rings (SSSR count). The Morgan fingerprint density at radius 1 is 1.30 bits per heavy atom. The van der Waals surface area contributed by atoms with Gasteiger partial charge in [0.05, 0.1) is 0 Å². The zero-order valence-electron chi connectivity index (χ0n) is 12.8. The normalized spacial score (nSPS) is 30.2. The average molecular weight is 275 g/mol. The second kappa shape index (κ2) is 5.32. The molecule has 2 unspecified atom stereocenters. The van der Waals surface area contributed by atoms with Crippen molar-refractivity contribution in [3.63, 3.8) is 0 Å². The van der Waals surface area contributed by atoms with Crippen molar-refractivity contribution in [3.8, 4) is 0 Å². The van der Waals surface area contributed by atoms with E-state index in [0.717, 1.165) is 24.5 Å². The molecule has 0 bridgehead atoms. The molecule has 2 atom stereocenters. The Kier molecular flexibility index (Phi) is 3.67. The van der Waals surface area contributed by atoms with Gasteiger partial charge in [-0.1, -0.05) is 13.3 Å². The summed E-state index contributed by atoms with van der Waals surface area (Å²) in [6.45, 7) is 2.30. The predicted molar refractivity (Wildman–Crippen MR) is 79.9 cm³/mol. The van der Waals surface area contributed by atoms with Crippen molar-refractivity contribution in [2.75, 3.05) is 19.5 Å². The molecule has 4 nitrogen and oxygen atoms in total. The van der Waals surface area contributed by atoms with E-state index in [9.17, 15) is 0 Å². The van der Waals surface area contributed by atoms with Crippen molar-refractivity contribution in [2.45, 2.75) is 57.0 Å². The number of anilines is 1. The van der Waals surface area contributed by atoms with Crippen LogP contribution >= 0.6 is 0 Å². The van der Waals surface area contributed by atoms with Gasteiger partial charge < -0.3 is 10.1 Å². The summed E-state index contributed by atoms with van der Waals surface area (Å²) >= 11 is 0. The number of aromatic nitrogens is 2. The summed E-state index contributed by atoms with van der Waals surface area (Å²) in [5, 5.41) is 3.18. The van der Waals surface area contributed by atoms with Crippen LogP contribution < -0.4 is 5.32 Å². The molecule has 0 aliphatic heterocycles. The fraction of sp³-hybridized carbons (Fsp3) is 0.750. The van der Waals surface area contributed by atoms with E-state index in [1.807, 2.05) is 14.2 Å². The molecule has 1 heterocycles. The average Bonchev–Trinajstić information content (AvgIpc) is 3.31. The van der Waals surface area contributed by atoms with Gasteiger partial charge in [0.1, 0.15) is 11.4 Å². The lowest BCUT2D eigenvalue weighted by atomic mass is 9.78. The van der Waals surface area contributed by atoms with Crippen molar-refractivity contribution in [1.29, 1.82) is 0 Å². The first-order valence-corrected chi connectivity index (χ1v) is 7.79.